The first-order valence-corrected chi connectivity index (χ1v) is 13.6. The van der Waals surface area contributed by atoms with Gasteiger partial charge < -0.3 is 14.5 Å². The van der Waals surface area contributed by atoms with E-state index in [-0.39, 0.29) is 18.5 Å². The molecule has 0 spiro atoms. The zero-order chi connectivity index (χ0) is 25.8. The van der Waals surface area contributed by atoms with Gasteiger partial charge in [0, 0.05) is 49.0 Å². The van der Waals surface area contributed by atoms with E-state index in [1.807, 2.05) is 48.5 Å². The number of benzene rings is 3. The lowest BCUT2D eigenvalue weighted by atomic mass is 10.1. The van der Waals surface area contributed by atoms with Gasteiger partial charge in [-0.1, -0.05) is 60.7 Å². The average Bonchev–Trinajstić information content (AvgIpc) is 3.32. The predicted molar refractivity (Wildman–Crippen MR) is 142 cm³/mol. The minimum atomic E-state index is -3.72. The number of fused-ring (bicyclic) bond motifs is 1. The highest BCUT2D eigenvalue weighted by Crippen LogP contribution is 2.29. The first-order chi connectivity index (χ1) is 17.9. The molecule has 3 aromatic carbocycles. The van der Waals surface area contributed by atoms with Crippen molar-refractivity contribution in [2.45, 2.75) is 12.4 Å². The normalized spacial score (nSPS) is 14.1. The van der Waals surface area contributed by atoms with Gasteiger partial charge in [0.15, 0.2) is 6.29 Å². The number of nitrogens with zero attached hydrogens (tertiary/aromatic N) is 3. The van der Waals surface area contributed by atoms with Crippen LogP contribution < -0.4 is 4.90 Å². The molecule has 1 aromatic heterocycles. The molecule has 37 heavy (non-hydrogen) atoms. The maximum absolute atomic E-state index is 13.2. The molecule has 0 atom stereocenters. The Balaban J connectivity index is 1.29. The van der Waals surface area contributed by atoms with E-state index in [0.717, 1.165) is 11.3 Å². The highest BCUT2D eigenvalue weighted by atomic mass is 32.2. The van der Waals surface area contributed by atoms with Crippen molar-refractivity contribution >= 4 is 39.0 Å². The summed E-state index contributed by atoms with van der Waals surface area (Å²) in [5.74, 6) is -0.167. The van der Waals surface area contributed by atoms with Gasteiger partial charge in [0.2, 0.25) is 10.0 Å². The van der Waals surface area contributed by atoms with Crippen molar-refractivity contribution in [2.75, 3.05) is 31.1 Å². The number of piperazine rings is 1. The van der Waals surface area contributed by atoms with Crippen LogP contribution in [0.25, 0.3) is 10.9 Å². The zero-order valence-corrected chi connectivity index (χ0v) is 21.0. The number of rotatable bonds is 7. The topological polar surface area (TPSA) is 88.9 Å². The Morgan fingerprint density at radius 1 is 0.865 bits per heavy atom. The summed E-state index contributed by atoms with van der Waals surface area (Å²) in [6.07, 6.45) is 1.73. The summed E-state index contributed by atoms with van der Waals surface area (Å²) in [4.78, 5) is 28.1. The number of amides is 1. The number of carbonyl (C=O) groups excluding carboxylic acids is 2. The second-order valence-corrected chi connectivity index (χ2v) is 10.8. The minimum Gasteiger partial charge on any atom is -0.445 e. The van der Waals surface area contributed by atoms with Crippen LogP contribution in [0, 0.1) is 0 Å². The van der Waals surface area contributed by atoms with Gasteiger partial charge in [0.1, 0.15) is 6.61 Å². The van der Waals surface area contributed by atoms with Crippen LogP contribution in [0.4, 0.5) is 10.5 Å². The molecule has 9 heteroatoms. The fourth-order valence-corrected chi connectivity index (χ4v) is 6.03. The Hall–Kier alpha value is -4.11. The molecule has 8 nitrogen and oxygen atoms in total. The lowest BCUT2D eigenvalue weighted by Crippen LogP contribution is -2.48. The summed E-state index contributed by atoms with van der Waals surface area (Å²) in [6, 6.07) is 23.9. The van der Waals surface area contributed by atoms with Gasteiger partial charge in [-0.3, -0.25) is 4.79 Å². The SMILES string of the molecule is O=Cc1cn(S(=O)(=O)Cc2ccccc2)c2ccc(N3CCN(C(=O)OCc4ccccc4)CC3)cc12. The van der Waals surface area contributed by atoms with E-state index >= 15 is 0 Å². The summed E-state index contributed by atoms with van der Waals surface area (Å²) >= 11 is 0. The van der Waals surface area contributed by atoms with Gasteiger partial charge in [0.05, 0.1) is 11.3 Å². The van der Waals surface area contributed by atoms with Crippen molar-refractivity contribution in [1.29, 1.82) is 0 Å². The number of carbonyl (C=O) groups is 2. The highest BCUT2D eigenvalue weighted by Gasteiger charge is 2.24. The maximum atomic E-state index is 13.2. The molecule has 0 bridgehead atoms. The number of anilines is 1. The van der Waals surface area contributed by atoms with E-state index in [1.54, 1.807) is 35.2 Å². The fraction of sp³-hybridized carbons (Fsp3) is 0.214. The second-order valence-electron chi connectivity index (χ2n) is 8.96. The summed E-state index contributed by atoms with van der Waals surface area (Å²) in [6.45, 7) is 2.41. The molecule has 0 N–H and O–H groups in total. The third kappa shape index (κ3) is 5.36. The second kappa shape index (κ2) is 10.5. The molecule has 1 saturated heterocycles. The van der Waals surface area contributed by atoms with Crippen LogP contribution in [0.15, 0.2) is 85.1 Å². The molecule has 4 aromatic rings. The molecule has 1 fully saturated rings. The Labute approximate surface area is 215 Å². The number of hydrogen-bond acceptors (Lipinski definition) is 6. The van der Waals surface area contributed by atoms with E-state index < -0.39 is 10.0 Å². The number of aromatic nitrogens is 1. The van der Waals surface area contributed by atoms with Crippen molar-refractivity contribution < 1.29 is 22.7 Å². The molecule has 0 saturated carbocycles. The number of ether oxygens (including phenoxy) is 1. The van der Waals surface area contributed by atoms with Crippen molar-refractivity contribution in [2.24, 2.45) is 0 Å². The van der Waals surface area contributed by atoms with Crippen LogP contribution in [-0.4, -0.2) is 55.8 Å². The summed E-state index contributed by atoms with van der Waals surface area (Å²) in [5, 5.41) is 0.578. The van der Waals surface area contributed by atoms with Gasteiger partial charge >= 0.3 is 6.09 Å². The minimum absolute atomic E-state index is 0.167. The highest BCUT2D eigenvalue weighted by molar-refractivity contribution is 7.89. The summed E-state index contributed by atoms with van der Waals surface area (Å²) < 4.78 is 33.0. The lowest BCUT2D eigenvalue weighted by molar-refractivity contribution is 0.0941. The van der Waals surface area contributed by atoms with Gasteiger partial charge in [-0.05, 0) is 29.3 Å². The molecule has 0 unspecified atom stereocenters. The largest absolute Gasteiger partial charge is 0.445 e. The monoisotopic (exact) mass is 517 g/mol. The Kier molecular flexibility index (Phi) is 6.96. The van der Waals surface area contributed by atoms with E-state index in [2.05, 4.69) is 4.90 Å². The first-order valence-electron chi connectivity index (χ1n) is 12.0. The third-order valence-corrected chi connectivity index (χ3v) is 8.11. The van der Waals surface area contributed by atoms with Crippen LogP contribution in [0.5, 0.6) is 0 Å². The number of aldehydes is 1. The van der Waals surface area contributed by atoms with E-state index in [0.29, 0.717) is 54.5 Å². The number of hydrogen-bond donors (Lipinski definition) is 0. The van der Waals surface area contributed by atoms with E-state index in [9.17, 15) is 18.0 Å². The summed E-state index contributed by atoms with van der Waals surface area (Å²) in [7, 11) is -3.72. The van der Waals surface area contributed by atoms with E-state index in [4.69, 9.17) is 4.74 Å². The quantitative estimate of drug-likeness (QED) is 0.340. The van der Waals surface area contributed by atoms with Crippen LogP contribution in [0.2, 0.25) is 0 Å². The van der Waals surface area contributed by atoms with Gasteiger partial charge in [-0.2, -0.15) is 0 Å². The van der Waals surface area contributed by atoms with Crippen LogP contribution in [0.3, 0.4) is 0 Å². The van der Waals surface area contributed by atoms with Crippen molar-refractivity contribution in [3.63, 3.8) is 0 Å². The maximum Gasteiger partial charge on any atom is 0.410 e. The Morgan fingerprint density at radius 2 is 1.51 bits per heavy atom. The molecule has 0 radical (unpaired) electrons. The average molecular weight is 518 g/mol. The molecule has 190 valence electrons. The van der Waals surface area contributed by atoms with Gasteiger partial charge in [-0.25, -0.2) is 17.2 Å². The lowest BCUT2D eigenvalue weighted by Gasteiger charge is -2.35. The molecule has 0 aliphatic carbocycles. The Morgan fingerprint density at radius 3 is 2.16 bits per heavy atom. The molecule has 1 aliphatic rings. The van der Waals surface area contributed by atoms with Crippen molar-refractivity contribution in [3.05, 3.63) is 102 Å². The molecule has 1 amide bonds. The third-order valence-electron chi connectivity index (χ3n) is 6.51. The molecular weight excluding hydrogens is 490 g/mol. The Bertz CT molecular complexity index is 1510. The molecular formula is C28H27N3O5S. The zero-order valence-electron chi connectivity index (χ0n) is 20.2. The molecule has 5 rings (SSSR count). The van der Waals surface area contributed by atoms with E-state index in [1.165, 1.54) is 10.2 Å². The first kappa shape index (κ1) is 24.6. The van der Waals surface area contributed by atoms with Crippen molar-refractivity contribution in [1.82, 2.24) is 8.87 Å². The summed E-state index contributed by atoms with van der Waals surface area (Å²) in [5.41, 5.74) is 3.26. The van der Waals surface area contributed by atoms with Crippen LogP contribution >= 0.6 is 0 Å². The standard InChI is InChI=1S/C28H27N3O5S/c32-19-24-18-31(37(34,35)21-23-9-5-2-6-10-23)27-12-11-25(17-26(24)27)29-13-15-30(16-14-29)28(33)36-20-22-7-3-1-4-8-22/h1-12,17-19H,13-16,20-21H2. The molecule has 2 heterocycles. The fourth-order valence-electron chi connectivity index (χ4n) is 4.55. The smallest absolute Gasteiger partial charge is 0.410 e. The van der Waals surface area contributed by atoms with Crippen molar-refractivity contribution in [3.8, 4) is 0 Å². The molecule has 1 aliphatic heterocycles. The predicted octanol–water partition coefficient (Wildman–Crippen LogP) is 4.29. The van der Waals surface area contributed by atoms with Crippen LogP contribution in [0.1, 0.15) is 21.5 Å². The van der Waals surface area contributed by atoms with Crippen LogP contribution in [-0.2, 0) is 27.1 Å². The van der Waals surface area contributed by atoms with Gasteiger partial charge in [0.25, 0.3) is 0 Å². The van der Waals surface area contributed by atoms with Gasteiger partial charge in [-0.15, -0.1) is 0 Å².